The highest BCUT2D eigenvalue weighted by Crippen LogP contribution is 2.17. The maximum Gasteiger partial charge on any atom is 0.221 e. The molecule has 1 fully saturated rings. The van der Waals surface area contributed by atoms with Crippen LogP contribution in [0.1, 0.15) is 33.1 Å². The Morgan fingerprint density at radius 1 is 1.50 bits per heavy atom. The van der Waals surface area contributed by atoms with Gasteiger partial charge in [0.05, 0.1) is 5.75 Å². The molecule has 1 heterocycles. The third kappa shape index (κ3) is 5.82. The number of sulfone groups is 1. The molecule has 3 unspecified atom stereocenters. The SMILES string of the molecule is CC(CS(C)(=O)=O)NC(=O)CC1NCCCC1C. The maximum atomic E-state index is 11.8. The van der Waals surface area contributed by atoms with Gasteiger partial charge in [-0.3, -0.25) is 4.79 Å². The Labute approximate surface area is 110 Å². The van der Waals surface area contributed by atoms with E-state index in [2.05, 4.69) is 17.6 Å². The van der Waals surface area contributed by atoms with Crippen LogP contribution < -0.4 is 10.6 Å². The van der Waals surface area contributed by atoms with Crippen LogP contribution in [0.15, 0.2) is 0 Å². The van der Waals surface area contributed by atoms with Crippen LogP contribution in [0, 0.1) is 5.92 Å². The summed E-state index contributed by atoms with van der Waals surface area (Å²) in [5, 5.41) is 6.09. The van der Waals surface area contributed by atoms with Crippen LogP contribution in [0.25, 0.3) is 0 Å². The molecule has 0 aromatic carbocycles. The predicted octanol–water partition coefficient (Wildman–Crippen LogP) is 0.314. The van der Waals surface area contributed by atoms with Crippen molar-refractivity contribution in [3.05, 3.63) is 0 Å². The number of carbonyl (C=O) groups is 1. The smallest absolute Gasteiger partial charge is 0.221 e. The zero-order valence-electron chi connectivity index (χ0n) is 11.4. The molecule has 0 radical (unpaired) electrons. The van der Waals surface area contributed by atoms with Crippen LogP contribution in [0.2, 0.25) is 0 Å². The first-order valence-electron chi connectivity index (χ1n) is 6.48. The Kier molecular flexibility index (Phi) is 5.59. The number of nitrogens with one attached hydrogen (secondary N) is 2. The van der Waals surface area contributed by atoms with Gasteiger partial charge in [0, 0.05) is 24.8 Å². The van der Waals surface area contributed by atoms with Crippen LogP contribution in [0.5, 0.6) is 0 Å². The lowest BCUT2D eigenvalue weighted by atomic mass is 9.90. The molecule has 1 amide bonds. The van der Waals surface area contributed by atoms with Gasteiger partial charge in [-0.1, -0.05) is 6.92 Å². The van der Waals surface area contributed by atoms with E-state index in [4.69, 9.17) is 0 Å². The molecule has 6 heteroatoms. The molecule has 106 valence electrons. The number of hydrogen-bond donors (Lipinski definition) is 2. The lowest BCUT2D eigenvalue weighted by Crippen LogP contribution is -2.45. The van der Waals surface area contributed by atoms with Gasteiger partial charge in [-0.2, -0.15) is 0 Å². The lowest BCUT2D eigenvalue weighted by Gasteiger charge is -2.30. The average molecular weight is 276 g/mol. The number of amides is 1. The second-order valence-corrected chi connectivity index (χ2v) is 7.63. The van der Waals surface area contributed by atoms with Gasteiger partial charge in [0.25, 0.3) is 0 Å². The van der Waals surface area contributed by atoms with E-state index >= 15 is 0 Å². The van der Waals surface area contributed by atoms with Crippen LogP contribution in [-0.2, 0) is 14.6 Å². The third-order valence-electron chi connectivity index (χ3n) is 3.30. The molecule has 1 rings (SSSR count). The second-order valence-electron chi connectivity index (χ2n) is 5.45. The molecule has 0 spiro atoms. The monoisotopic (exact) mass is 276 g/mol. The van der Waals surface area contributed by atoms with E-state index in [0.29, 0.717) is 12.3 Å². The van der Waals surface area contributed by atoms with Crippen molar-refractivity contribution in [3.8, 4) is 0 Å². The Hall–Kier alpha value is -0.620. The van der Waals surface area contributed by atoms with Crippen molar-refractivity contribution in [2.75, 3.05) is 18.6 Å². The zero-order chi connectivity index (χ0) is 13.8. The minimum Gasteiger partial charge on any atom is -0.353 e. The summed E-state index contributed by atoms with van der Waals surface area (Å²) in [6.45, 7) is 4.82. The highest BCUT2D eigenvalue weighted by Gasteiger charge is 2.24. The van der Waals surface area contributed by atoms with Crippen LogP contribution >= 0.6 is 0 Å². The normalized spacial score (nSPS) is 26.6. The number of carbonyl (C=O) groups excluding carboxylic acids is 1. The molecule has 2 N–H and O–H groups in total. The van der Waals surface area contributed by atoms with Gasteiger partial charge >= 0.3 is 0 Å². The number of piperidine rings is 1. The summed E-state index contributed by atoms with van der Waals surface area (Å²) >= 11 is 0. The maximum absolute atomic E-state index is 11.8. The predicted molar refractivity (Wildman–Crippen MR) is 72.1 cm³/mol. The fourth-order valence-corrected chi connectivity index (χ4v) is 3.41. The van der Waals surface area contributed by atoms with E-state index in [9.17, 15) is 13.2 Å². The number of rotatable bonds is 5. The molecule has 5 nitrogen and oxygen atoms in total. The van der Waals surface area contributed by atoms with Crippen molar-refractivity contribution in [1.82, 2.24) is 10.6 Å². The van der Waals surface area contributed by atoms with E-state index in [1.165, 1.54) is 6.26 Å². The van der Waals surface area contributed by atoms with Gasteiger partial charge in [-0.15, -0.1) is 0 Å². The minimum atomic E-state index is -3.04. The van der Waals surface area contributed by atoms with Crippen molar-refractivity contribution in [3.63, 3.8) is 0 Å². The molecule has 18 heavy (non-hydrogen) atoms. The lowest BCUT2D eigenvalue weighted by molar-refractivity contribution is -0.122. The summed E-state index contributed by atoms with van der Waals surface area (Å²) in [6, 6.07) is -0.115. The molecular weight excluding hydrogens is 252 g/mol. The van der Waals surface area contributed by atoms with Gasteiger partial charge in [-0.05, 0) is 32.2 Å². The van der Waals surface area contributed by atoms with E-state index in [1.807, 2.05) is 0 Å². The summed E-state index contributed by atoms with van der Waals surface area (Å²) < 4.78 is 22.2. The van der Waals surface area contributed by atoms with Gasteiger partial charge in [0.15, 0.2) is 0 Å². The summed E-state index contributed by atoms with van der Waals surface area (Å²) in [4.78, 5) is 11.8. The first-order valence-corrected chi connectivity index (χ1v) is 8.54. The minimum absolute atomic E-state index is 0.00755. The number of hydrogen-bond acceptors (Lipinski definition) is 4. The van der Waals surface area contributed by atoms with Crippen LogP contribution in [0.4, 0.5) is 0 Å². The fourth-order valence-electron chi connectivity index (χ4n) is 2.42. The highest BCUT2D eigenvalue weighted by molar-refractivity contribution is 7.90. The van der Waals surface area contributed by atoms with Crippen molar-refractivity contribution in [2.45, 2.75) is 45.2 Å². The highest BCUT2D eigenvalue weighted by atomic mass is 32.2. The quantitative estimate of drug-likeness (QED) is 0.758. The Balaban J connectivity index is 2.36. The average Bonchev–Trinajstić information content (AvgIpc) is 2.18. The summed E-state index contributed by atoms with van der Waals surface area (Å²) in [6.07, 6.45) is 3.91. The zero-order valence-corrected chi connectivity index (χ0v) is 12.2. The largest absolute Gasteiger partial charge is 0.353 e. The van der Waals surface area contributed by atoms with E-state index < -0.39 is 9.84 Å². The van der Waals surface area contributed by atoms with E-state index in [0.717, 1.165) is 19.4 Å². The van der Waals surface area contributed by atoms with Crippen molar-refractivity contribution < 1.29 is 13.2 Å². The molecule has 1 saturated heterocycles. The molecule has 0 aromatic rings. The van der Waals surface area contributed by atoms with E-state index in [1.54, 1.807) is 6.92 Å². The standard InChI is InChI=1S/C12H24N2O3S/c1-9-5-4-6-13-11(9)7-12(15)14-10(2)8-18(3,16)17/h9-11,13H,4-8H2,1-3H3,(H,14,15). The van der Waals surface area contributed by atoms with Gasteiger partial charge in [0.2, 0.25) is 5.91 Å². The third-order valence-corrected chi connectivity index (χ3v) is 4.40. The molecule has 3 atom stereocenters. The van der Waals surface area contributed by atoms with Crippen molar-refractivity contribution in [2.24, 2.45) is 5.92 Å². The summed E-state index contributed by atoms with van der Waals surface area (Å²) in [5.74, 6) is 0.416. The molecular formula is C12H24N2O3S. The molecule has 0 aromatic heterocycles. The van der Waals surface area contributed by atoms with E-state index in [-0.39, 0.29) is 23.7 Å². The topological polar surface area (TPSA) is 75.3 Å². The van der Waals surface area contributed by atoms with Gasteiger partial charge in [0.1, 0.15) is 9.84 Å². The summed E-state index contributed by atoms with van der Waals surface area (Å²) in [7, 11) is -3.04. The fraction of sp³-hybridized carbons (Fsp3) is 0.917. The summed E-state index contributed by atoms with van der Waals surface area (Å²) in [5.41, 5.74) is 0. The van der Waals surface area contributed by atoms with Crippen LogP contribution in [-0.4, -0.2) is 45.0 Å². The van der Waals surface area contributed by atoms with Gasteiger partial charge in [-0.25, -0.2) is 8.42 Å². The Morgan fingerprint density at radius 2 is 2.17 bits per heavy atom. The van der Waals surface area contributed by atoms with Gasteiger partial charge < -0.3 is 10.6 Å². The Bertz CT molecular complexity index is 381. The molecule has 1 aliphatic rings. The molecule has 0 aliphatic carbocycles. The molecule has 0 saturated carbocycles. The molecule has 0 bridgehead atoms. The Morgan fingerprint density at radius 3 is 2.72 bits per heavy atom. The van der Waals surface area contributed by atoms with Crippen molar-refractivity contribution >= 4 is 15.7 Å². The van der Waals surface area contributed by atoms with Crippen molar-refractivity contribution in [1.29, 1.82) is 0 Å². The first-order chi connectivity index (χ1) is 8.28. The second kappa shape index (κ2) is 6.52. The first kappa shape index (κ1) is 15.4. The van der Waals surface area contributed by atoms with Crippen LogP contribution in [0.3, 0.4) is 0 Å². The molecule has 1 aliphatic heterocycles.